The standard InChI is InChI=1S/C7H11N3O2/c1-10-6(3-4-8-10)9-7(11)5-12-2/h3-4H,5H2,1-2H3,(H,9,11). The lowest BCUT2D eigenvalue weighted by atomic mass is 10.5. The molecule has 0 aliphatic rings. The quantitative estimate of drug-likeness (QED) is 0.693. The highest BCUT2D eigenvalue weighted by Crippen LogP contribution is 2.02. The van der Waals surface area contributed by atoms with Gasteiger partial charge in [-0.15, -0.1) is 0 Å². The van der Waals surface area contributed by atoms with Crippen LogP contribution < -0.4 is 5.32 Å². The van der Waals surface area contributed by atoms with E-state index >= 15 is 0 Å². The van der Waals surface area contributed by atoms with Gasteiger partial charge in [0.2, 0.25) is 0 Å². The summed E-state index contributed by atoms with van der Waals surface area (Å²) < 4.78 is 6.23. The minimum atomic E-state index is -0.180. The van der Waals surface area contributed by atoms with Gasteiger partial charge >= 0.3 is 0 Å². The molecule has 0 bridgehead atoms. The van der Waals surface area contributed by atoms with Gasteiger partial charge in [0.25, 0.3) is 5.91 Å². The lowest BCUT2D eigenvalue weighted by Crippen LogP contribution is -2.18. The molecule has 0 radical (unpaired) electrons. The van der Waals surface area contributed by atoms with E-state index in [1.807, 2.05) is 0 Å². The third-order valence-electron chi connectivity index (χ3n) is 1.36. The number of nitrogens with one attached hydrogen (secondary N) is 1. The fraction of sp³-hybridized carbons (Fsp3) is 0.429. The lowest BCUT2D eigenvalue weighted by Gasteiger charge is -2.03. The van der Waals surface area contributed by atoms with Crippen LogP contribution in [0.3, 0.4) is 0 Å². The summed E-state index contributed by atoms with van der Waals surface area (Å²) in [6.07, 6.45) is 1.61. The van der Waals surface area contributed by atoms with Crippen molar-refractivity contribution in [3.63, 3.8) is 0 Å². The van der Waals surface area contributed by atoms with Gasteiger partial charge in [-0.25, -0.2) is 0 Å². The number of nitrogens with zero attached hydrogens (tertiary/aromatic N) is 2. The van der Waals surface area contributed by atoms with Gasteiger partial charge < -0.3 is 10.1 Å². The van der Waals surface area contributed by atoms with Crippen molar-refractivity contribution < 1.29 is 9.53 Å². The summed E-state index contributed by atoms with van der Waals surface area (Å²) in [5.74, 6) is 0.484. The molecule has 1 amide bonds. The second kappa shape index (κ2) is 3.87. The first-order valence-electron chi connectivity index (χ1n) is 3.51. The Morgan fingerprint density at radius 3 is 3.08 bits per heavy atom. The van der Waals surface area contributed by atoms with Crippen LogP contribution in [0.15, 0.2) is 12.3 Å². The first kappa shape index (κ1) is 8.73. The molecule has 1 N–H and O–H groups in total. The molecule has 1 aromatic rings. The molecule has 66 valence electrons. The molecular weight excluding hydrogens is 158 g/mol. The number of amides is 1. The molecule has 0 saturated heterocycles. The Hall–Kier alpha value is -1.36. The number of anilines is 1. The van der Waals surface area contributed by atoms with Gasteiger partial charge in [-0.3, -0.25) is 9.48 Å². The fourth-order valence-corrected chi connectivity index (χ4v) is 0.807. The maximum absolute atomic E-state index is 11.0. The molecule has 12 heavy (non-hydrogen) atoms. The summed E-state index contributed by atoms with van der Waals surface area (Å²) in [6, 6.07) is 1.72. The number of aryl methyl sites for hydroxylation is 1. The number of ether oxygens (including phenoxy) is 1. The fourth-order valence-electron chi connectivity index (χ4n) is 0.807. The Bertz CT molecular complexity index is 269. The van der Waals surface area contributed by atoms with Gasteiger partial charge in [-0.05, 0) is 0 Å². The van der Waals surface area contributed by atoms with Crippen LogP contribution >= 0.6 is 0 Å². The van der Waals surface area contributed by atoms with Crippen LogP contribution in [0.2, 0.25) is 0 Å². The molecule has 0 spiro atoms. The Kier molecular flexibility index (Phi) is 2.82. The van der Waals surface area contributed by atoms with Crippen molar-refractivity contribution in [1.82, 2.24) is 9.78 Å². The second-order valence-electron chi connectivity index (χ2n) is 2.32. The first-order valence-corrected chi connectivity index (χ1v) is 3.51. The van der Waals surface area contributed by atoms with Gasteiger partial charge in [-0.2, -0.15) is 5.10 Å². The Balaban J connectivity index is 2.52. The molecule has 0 aliphatic heterocycles. The van der Waals surface area contributed by atoms with Crippen LogP contribution in [0.1, 0.15) is 0 Å². The summed E-state index contributed by atoms with van der Waals surface area (Å²) in [5, 5.41) is 6.52. The molecule has 5 nitrogen and oxygen atoms in total. The van der Waals surface area contributed by atoms with Gasteiger partial charge in [0.15, 0.2) is 0 Å². The van der Waals surface area contributed by atoms with Crippen molar-refractivity contribution in [3.8, 4) is 0 Å². The molecule has 0 aromatic carbocycles. The molecule has 0 fully saturated rings. The highest BCUT2D eigenvalue weighted by atomic mass is 16.5. The Morgan fingerprint density at radius 2 is 2.58 bits per heavy atom. The number of carbonyl (C=O) groups is 1. The van der Waals surface area contributed by atoms with Crippen molar-refractivity contribution in [2.24, 2.45) is 7.05 Å². The van der Waals surface area contributed by atoms with E-state index in [9.17, 15) is 4.79 Å². The second-order valence-corrected chi connectivity index (χ2v) is 2.32. The normalized spacial score (nSPS) is 9.83. The predicted molar refractivity (Wildman–Crippen MR) is 43.7 cm³/mol. The zero-order valence-corrected chi connectivity index (χ0v) is 7.07. The van der Waals surface area contributed by atoms with Gasteiger partial charge in [-0.1, -0.05) is 0 Å². The van der Waals surface area contributed by atoms with Crippen LogP contribution in [-0.2, 0) is 16.6 Å². The van der Waals surface area contributed by atoms with Gasteiger partial charge in [0.1, 0.15) is 12.4 Å². The van der Waals surface area contributed by atoms with Crippen molar-refractivity contribution in [2.45, 2.75) is 0 Å². The van der Waals surface area contributed by atoms with E-state index < -0.39 is 0 Å². The van der Waals surface area contributed by atoms with Gasteiger partial charge in [0.05, 0.1) is 6.20 Å². The summed E-state index contributed by atoms with van der Waals surface area (Å²) in [6.45, 7) is 0.0607. The molecule has 5 heteroatoms. The summed E-state index contributed by atoms with van der Waals surface area (Å²) in [7, 11) is 3.23. The minimum Gasteiger partial charge on any atom is -0.375 e. The van der Waals surface area contributed by atoms with E-state index in [4.69, 9.17) is 0 Å². The van der Waals surface area contributed by atoms with Crippen LogP contribution in [0, 0.1) is 0 Å². The molecule has 0 aliphatic carbocycles. The van der Waals surface area contributed by atoms with Crippen LogP contribution in [-0.4, -0.2) is 29.4 Å². The monoisotopic (exact) mass is 169 g/mol. The van der Waals surface area contributed by atoms with E-state index in [0.29, 0.717) is 5.82 Å². The minimum absolute atomic E-state index is 0.0607. The first-order chi connectivity index (χ1) is 5.74. The predicted octanol–water partition coefficient (Wildman–Crippen LogP) is 0.00500. The largest absolute Gasteiger partial charge is 0.375 e. The van der Waals surface area contributed by atoms with Crippen LogP contribution in [0.5, 0.6) is 0 Å². The number of hydrogen-bond acceptors (Lipinski definition) is 3. The lowest BCUT2D eigenvalue weighted by molar-refractivity contribution is -0.119. The van der Waals surface area contributed by atoms with Crippen molar-refractivity contribution in [2.75, 3.05) is 19.0 Å². The zero-order chi connectivity index (χ0) is 8.97. The molecule has 1 rings (SSSR count). The van der Waals surface area contributed by atoms with E-state index in [2.05, 4.69) is 15.2 Å². The molecule has 1 heterocycles. The van der Waals surface area contributed by atoms with Crippen LogP contribution in [0.4, 0.5) is 5.82 Å². The SMILES string of the molecule is COCC(=O)Nc1ccnn1C. The third-order valence-corrected chi connectivity index (χ3v) is 1.36. The van der Waals surface area contributed by atoms with Crippen molar-refractivity contribution >= 4 is 11.7 Å². The number of rotatable bonds is 3. The smallest absolute Gasteiger partial charge is 0.251 e. The number of methoxy groups -OCH3 is 1. The average molecular weight is 169 g/mol. The van der Waals surface area contributed by atoms with E-state index in [-0.39, 0.29) is 12.5 Å². The van der Waals surface area contributed by atoms with Crippen molar-refractivity contribution in [3.05, 3.63) is 12.3 Å². The average Bonchev–Trinajstić information content (AvgIpc) is 2.37. The number of hydrogen-bond donors (Lipinski definition) is 1. The Labute approximate surface area is 70.3 Å². The summed E-state index contributed by atoms with van der Waals surface area (Å²) in [5.41, 5.74) is 0. The number of carbonyl (C=O) groups excluding carboxylic acids is 1. The number of aromatic nitrogens is 2. The summed E-state index contributed by atoms with van der Waals surface area (Å²) >= 11 is 0. The summed E-state index contributed by atoms with van der Waals surface area (Å²) in [4.78, 5) is 11.0. The Morgan fingerprint density at radius 1 is 1.83 bits per heavy atom. The third kappa shape index (κ3) is 2.06. The van der Waals surface area contributed by atoms with E-state index in [1.165, 1.54) is 7.11 Å². The van der Waals surface area contributed by atoms with Gasteiger partial charge in [0, 0.05) is 20.2 Å². The van der Waals surface area contributed by atoms with Crippen LogP contribution in [0.25, 0.3) is 0 Å². The molecule has 1 aromatic heterocycles. The topological polar surface area (TPSA) is 56.1 Å². The highest BCUT2D eigenvalue weighted by Gasteiger charge is 2.03. The van der Waals surface area contributed by atoms with Crippen molar-refractivity contribution in [1.29, 1.82) is 0 Å². The maximum Gasteiger partial charge on any atom is 0.251 e. The highest BCUT2D eigenvalue weighted by molar-refractivity contribution is 5.90. The van der Waals surface area contributed by atoms with E-state index in [1.54, 1.807) is 24.0 Å². The molecular formula is C7H11N3O2. The molecule has 0 saturated carbocycles. The molecule has 0 atom stereocenters. The maximum atomic E-state index is 11.0. The molecule has 0 unspecified atom stereocenters. The zero-order valence-electron chi connectivity index (χ0n) is 7.07. The van der Waals surface area contributed by atoms with E-state index in [0.717, 1.165) is 0 Å².